The Hall–Kier alpha value is -1.71. The highest BCUT2D eigenvalue weighted by Crippen LogP contribution is 2.38. The van der Waals surface area contributed by atoms with Crippen LogP contribution in [0.5, 0.6) is 23.0 Å². The van der Waals surface area contributed by atoms with Crippen LogP contribution in [0.25, 0.3) is 0 Å². The lowest BCUT2D eigenvalue weighted by Crippen LogP contribution is -2.23. The van der Waals surface area contributed by atoms with Gasteiger partial charge in [-0.3, -0.25) is 0 Å². The molecular weight excluding hydrogens is 466 g/mol. The lowest BCUT2D eigenvalue weighted by Gasteiger charge is -2.17. The van der Waals surface area contributed by atoms with E-state index in [-0.39, 0.29) is 25.8 Å². The third kappa shape index (κ3) is 6.13. The molecule has 2 aromatic carbocycles. The van der Waals surface area contributed by atoms with Crippen LogP contribution in [0.4, 0.5) is 0 Å². The van der Waals surface area contributed by atoms with Crippen LogP contribution in [-0.4, -0.2) is 43.4 Å². The third-order valence-electron chi connectivity index (χ3n) is 4.23. The van der Waals surface area contributed by atoms with Crippen molar-refractivity contribution >= 4 is 28.3 Å². The number of benzene rings is 2. The first-order valence-corrected chi connectivity index (χ1v) is 9.73. The minimum absolute atomic E-state index is 0. The number of nitrogens with one attached hydrogen (secondary N) is 1. The molecule has 0 fully saturated rings. The second-order valence-electron chi connectivity index (χ2n) is 6.53. The van der Waals surface area contributed by atoms with Crippen molar-refractivity contribution in [1.29, 1.82) is 0 Å². The van der Waals surface area contributed by atoms with Gasteiger partial charge in [-0.1, -0.05) is 6.07 Å². The van der Waals surface area contributed by atoms with Gasteiger partial charge in [-0.2, -0.15) is 0 Å². The zero-order chi connectivity index (χ0) is 20.1. The summed E-state index contributed by atoms with van der Waals surface area (Å²) in [5, 5.41) is 23.0. The van der Waals surface area contributed by atoms with Gasteiger partial charge in [0.2, 0.25) is 6.79 Å². The number of aliphatic hydroxyl groups excluding tert-OH is 2. The Bertz CT molecular complexity index is 820. The van der Waals surface area contributed by atoms with E-state index in [4.69, 9.17) is 18.9 Å². The maximum absolute atomic E-state index is 10.5. The normalized spacial score (nSPS) is 14.1. The first-order valence-electron chi connectivity index (χ1n) is 8.93. The average Bonchev–Trinajstić information content (AvgIpc) is 3.14. The van der Waals surface area contributed by atoms with E-state index < -0.39 is 12.2 Å². The van der Waals surface area contributed by atoms with Crippen molar-refractivity contribution in [1.82, 2.24) is 5.32 Å². The maximum Gasteiger partial charge on any atom is 0.231 e. The number of halogens is 2. The molecule has 0 radical (unpaired) electrons. The number of ether oxygens (including phenoxy) is 4. The summed E-state index contributed by atoms with van der Waals surface area (Å²) < 4.78 is 22.6. The summed E-state index contributed by atoms with van der Waals surface area (Å²) in [6.45, 7) is 3.05. The largest absolute Gasteiger partial charge is 0.493 e. The fourth-order valence-corrected chi connectivity index (χ4v) is 3.42. The molecule has 160 valence electrons. The Morgan fingerprint density at radius 3 is 2.66 bits per heavy atom. The molecule has 29 heavy (non-hydrogen) atoms. The van der Waals surface area contributed by atoms with Crippen LogP contribution in [0.2, 0.25) is 0 Å². The highest BCUT2D eigenvalue weighted by Gasteiger charge is 2.19. The second-order valence-corrected chi connectivity index (χ2v) is 7.38. The molecular formula is C20H25BrClNO6. The summed E-state index contributed by atoms with van der Waals surface area (Å²) in [5.41, 5.74) is 1.66. The first-order chi connectivity index (χ1) is 13.5. The van der Waals surface area contributed by atoms with E-state index in [0.717, 1.165) is 10.0 Å². The zero-order valence-corrected chi connectivity index (χ0v) is 18.6. The smallest absolute Gasteiger partial charge is 0.231 e. The summed E-state index contributed by atoms with van der Waals surface area (Å²) in [4.78, 5) is 0. The molecule has 0 spiro atoms. The Morgan fingerprint density at radius 1 is 1.17 bits per heavy atom. The van der Waals surface area contributed by atoms with Crippen molar-refractivity contribution < 1.29 is 29.2 Å². The molecule has 1 aliphatic heterocycles. The standard InChI is InChI=1S/C20H24BrNO6.ClH/c1-12(23)8-22-9-13-5-15(21)20(19(6-13)25-2)26-10-16(24)14-3-4-17-18(7-14)28-11-27-17;/h3-7,12,16,22-24H,8-11H2,1-2H3;1H. The molecule has 1 heterocycles. The van der Waals surface area contributed by atoms with Crippen LogP contribution in [0, 0.1) is 0 Å². The molecule has 3 rings (SSSR count). The molecule has 0 bridgehead atoms. The number of rotatable bonds is 9. The van der Waals surface area contributed by atoms with Crippen molar-refractivity contribution in [3.05, 3.63) is 45.9 Å². The van der Waals surface area contributed by atoms with Gasteiger partial charge >= 0.3 is 0 Å². The summed E-state index contributed by atoms with van der Waals surface area (Å²) >= 11 is 3.51. The molecule has 7 nitrogen and oxygen atoms in total. The number of hydrogen-bond donors (Lipinski definition) is 3. The zero-order valence-electron chi connectivity index (χ0n) is 16.2. The number of hydrogen-bond acceptors (Lipinski definition) is 7. The summed E-state index contributed by atoms with van der Waals surface area (Å²) in [6, 6.07) is 9.08. The van der Waals surface area contributed by atoms with Gasteiger partial charge in [0, 0.05) is 13.1 Å². The van der Waals surface area contributed by atoms with Gasteiger partial charge in [-0.15, -0.1) is 12.4 Å². The fraction of sp³-hybridized carbons (Fsp3) is 0.400. The Morgan fingerprint density at radius 2 is 1.93 bits per heavy atom. The second kappa shape index (κ2) is 10.9. The number of methoxy groups -OCH3 is 1. The van der Waals surface area contributed by atoms with E-state index in [9.17, 15) is 10.2 Å². The predicted molar refractivity (Wildman–Crippen MR) is 114 cm³/mol. The number of aliphatic hydroxyl groups is 2. The maximum atomic E-state index is 10.5. The summed E-state index contributed by atoms with van der Waals surface area (Å²) in [5.74, 6) is 2.35. The van der Waals surface area contributed by atoms with Crippen LogP contribution < -0.4 is 24.3 Å². The van der Waals surface area contributed by atoms with Crippen molar-refractivity contribution in [3.8, 4) is 23.0 Å². The Labute approximate surface area is 184 Å². The molecule has 0 aromatic heterocycles. The molecule has 0 saturated carbocycles. The topological polar surface area (TPSA) is 89.4 Å². The molecule has 0 aliphatic carbocycles. The molecule has 0 saturated heterocycles. The minimum Gasteiger partial charge on any atom is -0.493 e. The monoisotopic (exact) mass is 489 g/mol. The lowest BCUT2D eigenvalue weighted by atomic mass is 10.1. The molecule has 9 heteroatoms. The predicted octanol–water partition coefficient (Wildman–Crippen LogP) is 3.19. The highest BCUT2D eigenvalue weighted by molar-refractivity contribution is 9.10. The summed E-state index contributed by atoms with van der Waals surface area (Å²) in [6.07, 6.45) is -1.25. The van der Waals surface area contributed by atoms with Crippen LogP contribution in [0.1, 0.15) is 24.2 Å². The number of fused-ring (bicyclic) bond motifs is 1. The van der Waals surface area contributed by atoms with Gasteiger partial charge in [0.1, 0.15) is 12.7 Å². The highest BCUT2D eigenvalue weighted by atomic mass is 79.9. The van der Waals surface area contributed by atoms with Gasteiger partial charge in [0.05, 0.1) is 17.7 Å². The molecule has 2 atom stereocenters. The van der Waals surface area contributed by atoms with E-state index in [2.05, 4.69) is 21.2 Å². The first kappa shape index (κ1) is 23.6. The van der Waals surface area contributed by atoms with Gasteiger partial charge in [0.15, 0.2) is 23.0 Å². The van der Waals surface area contributed by atoms with Crippen LogP contribution >= 0.6 is 28.3 Å². The minimum atomic E-state index is -0.835. The van der Waals surface area contributed by atoms with Crippen molar-refractivity contribution in [2.45, 2.75) is 25.7 Å². The van der Waals surface area contributed by atoms with Crippen molar-refractivity contribution in [3.63, 3.8) is 0 Å². The molecule has 2 aromatic rings. The molecule has 3 N–H and O–H groups in total. The van der Waals surface area contributed by atoms with Gasteiger partial charge in [-0.25, -0.2) is 0 Å². The average molecular weight is 491 g/mol. The van der Waals surface area contributed by atoms with Crippen LogP contribution in [0.3, 0.4) is 0 Å². The van der Waals surface area contributed by atoms with E-state index in [1.807, 2.05) is 12.1 Å². The third-order valence-corrected chi connectivity index (χ3v) is 4.81. The fourth-order valence-electron chi connectivity index (χ4n) is 2.82. The van der Waals surface area contributed by atoms with E-state index in [1.54, 1.807) is 32.2 Å². The van der Waals surface area contributed by atoms with Gasteiger partial charge in [-0.05, 0) is 58.2 Å². The van der Waals surface area contributed by atoms with Gasteiger partial charge < -0.3 is 34.5 Å². The quantitative estimate of drug-likeness (QED) is 0.497. The molecule has 1 aliphatic rings. The van der Waals surface area contributed by atoms with Crippen LogP contribution in [0.15, 0.2) is 34.8 Å². The van der Waals surface area contributed by atoms with Gasteiger partial charge in [0.25, 0.3) is 0 Å². The van der Waals surface area contributed by atoms with Crippen molar-refractivity contribution in [2.75, 3.05) is 27.1 Å². The SMILES string of the molecule is COc1cc(CNCC(C)O)cc(Br)c1OCC(O)c1ccc2c(c1)OCO2.Cl. The molecule has 2 unspecified atom stereocenters. The molecule has 0 amide bonds. The summed E-state index contributed by atoms with van der Waals surface area (Å²) in [7, 11) is 1.57. The van der Waals surface area contributed by atoms with E-state index in [0.29, 0.717) is 41.7 Å². The van der Waals surface area contributed by atoms with Crippen LogP contribution in [-0.2, 0) is 6.54 Å². The lowest BCUT2D eigenvalue weighted by molar-refractivity contribution is 0.105. The van der Waals surface area contributed by atoms with Crippen molar-refractivity contribution in [2.24, 2.45) is 0 Å². The Balaban J connectivity index is 0.00000300. The Kier molecular flexibility index (Phi) is 8.85. The van der Waals surface area contributed by atoms with E-state index >= 15 is 0 Å². The van der Waals surface area contributed by atoms with E-state index in [1.165, 1.54) is 0 Å².